The largest absolute Gasteiger partial charge is 0.309 e. The average molecular weight is 732 g/mol. The molecule has 0 saturated carbocycles. The number of fused-ring (bicyclic) bond motifs is 12. The monoisotopic (exact) mass is 731 g/mol. The van der Waals surface area contributed by atoms with E-state index in [1.807, 2.05) is 11.3 Å². The Morgan fingerprint density at radius 2 is 1.11 bits per heavy atom. The highest BCUT2D eigenvalue weighted by Crippen LogP contribution is 2.50. The topological polar surface area (TPSA) is 38.9 Å². The van der Waals surface area contributed by atoms with Crippen molar-refractivity contribution in [3.05, 3.63) is 176 Å². The molecule has 5 heterocycles. The van der Waals surface area contributed by atoms with Crippen molar-refractivity contribution >= 4 is 103 Å². The van der Waals surface area contributed by atoms with Gasteiger partial charge in [0.05, 0.1) is 50.0 Å². The summed E-state index contributed by atoms with van der Waals surface area (Å²) in [7, 11) is 0. The molecule has 8 aromatic carbocycles. The summed E-state index contributed by atoms with van der Waals surface area (Å²) in [5.41, 5.74) is 11.9. The molecular formula is C50H29N5S. The lowest BCUT2D eigenvalue weighted by atomic mass is 9.96. The third-order valence-electron chi connectivity index (χ3n) is 11.6. The number of anilines is 3. The van der Waals surface area contributed by atoms with E-state index in [0.717, 1.165) is 61.5 Å². The molecule has 0 aliphatic carbocycles. The van der Waals surface area contributed by atoms with Crippen LogP contribution in [0.25, 0.3) is 97.6 Å². The Morgan fingerprint density at radius 3 is 2.00 bits per heavy atom. The molecule has 1 aliphatic rings. The third-order valence-corrected chi connectivity index (χ3v) is 12.8. The maximum atomic E-state index is 5.57. The fourth-order valence-electron chi connectivity index (χ4n) is 9.34. The van der Waals surface area contributed by atoms with E-state index in [-0.39, 0.29) is 0 Å². The van der Waals surface area contributed by atoms with Gasteiger partial charge in [0.25, 0.3) is 0 Å². The number of hydrogen-bond donors (Lipinski definition) is 0. The highest BCUT2D eigenvalue weighted by atomic mass is 32.1. The van der Waals surface area contributed by atoms with Gasteiger partial charge >= 0.3 is 0 Å². The van der Waals surface area contributed by atoms with Crippen molar-refractivity contribution in [1.29, 1.82) is 0 Å². The molecule has 0 bridgehead atoms. The molecule has 0 spiro atoms. The smallest absolute Gasteiger partial charge is 0.235 e. The van der Waals surface area contributed by atoms with Crippen molar-refractivity contribution in [3.8, 4) is 22.9 Å². The summed E-state index contributed by atoms with van der Waals surface area (Å²) in [4.78, 5) is 13.4. The molecule has 0 amide bonds. The summed E-state index contributed by atoms with van der Waals surface area (Å²) in [5.74, 6) is 0.662. The second kappa shape index (κ2) is 11.1. The van der Waals surface area contributed by atoms with E-state index >= 15 is 0 Å². The molecule has 0 fully saturated rings. The molecule has 4 aromatic heterocycles. The van der Waals surface area contributed by atoms with Crippen LogP contribution >= 0.6 is 11.3 Å². The summed E-state index contributed by atoms with van der Waals surface area (Å²) < 4.78 is 7.34. The number of thiophene rings is 1. The Labute approximate surface area is 324 Å². The quantitative estimate of drug-likeness (QED) is 0.182. The van der Waals surface area contributed by atoms with Gasteiger partial charge in [-0.15, -0.1) is 11.3 Å². The molecule has 13 rings (SSSR count). The number of rotatable bonds is 3. The first kappa shape index (κ1) is 30.1. The zero-order valence-corrected chi connectivity index (χ0v) is 30.7. The minimum atomic E-state index is 0.662. The summed E-state index contributed by atoms with van der Waals surface area (Å²) >= 11 is 1.86. The van der Waals surface area contributed by atoms with Crippen LogP contribution in [0.1, 0.15) is 0 Å². The van der Waals surface area contributed by atoms with Gasteiger partial charge in [-0.2, -0.15) is 0 Å². The maximum absolute atomic E-state index is 5.57. The van der Waals surface area contributed by atoms with Gasteiger partial charge in [-0.25, -0.2) is 9.97 Å². The average Bonchev–Trinajstić information content (AvgIpc) is 3.91. The van der Waals surface area contributed by atoms with E-state index in [1.54, 1.807) is 0 Å². The van der Waals surface area contributed by atoms with Crippen LogP contribution in [-0.2, 0) is 0 Å². The van der Waals surface area contributed by atoms with Gasteiger partial charge in [0, 0.05) is 58.7 Å². The molecule has 0 radical (unpaired) electrons. The number of para-hydroxylation sites is 4. The molecule has 0 saturated heterocycles. The molecule has 12 aromatic rings. The number of aromatic nitrogens is 4. The van der Waals surface area contributed by atoms with Crippen molar-refractivity contribution in [2.24, 2.45) is 0 Å². The Hall–Kier alpha value is -7.28. The van der Waals surface area contributed by atoms with Crippen LogP contribution in [0, 0.1) is 0 Å². The summed E-state index contributed by atoms with van der Waals surface area (Å²) in [5, 5.41) is 8.40. The van der Waals surface area contributed by atoms with Gasteiger partial charge < -0.3 is 9.47 Å². The fraction of sp³-hybridized carbons (Fsp3) is 0. The SMILES string of the molecule is c1ccc(N2c3ccccc3-c3nc(-n4c5ccccc5c5ccc6c(c7ccccc7n6-c6ccc7c(c6)sc6ccccc67)c54)nc4cccc2c34)cc1. The Morgan fingerprint density at radius 1 is 0.411 bits per heavy atom. The van der Waals surface area contributed by atoms with Gasteiger partial charge in [0.2, 0.25) is 5.95 Å². The highest BCUT2D eigenvalue weighted by Gasteiger charge is 2.29. The zero-order valence-electron chi connectivity index (χ0n) is 29.9. The maximum Gasteiger partial charge on any atom is 0.235 e. The molecule has 0 unspecified atom stereocenters. The molecular weight excluding hydrogens is 703 g/mol. The molecule has 0 atom stereocenters. The first-order valence-electron chi connectivity index (χ1n) is 18.9. The zero-order chi connectivity index (χ0) is 36.5. The highest BCUT2D eigenvalue weighted by molar-refractivity contribution is 7.25. The van der Waals surface area contributed by atoms with Crippen molar-refractivity contribution in [1.82, 2.24) is 19.1 Å². The standard InChI is InChI=1S/C50H29N5S/c1-2-13-30(14-3-1)53-41-22-10-6-18-37(41)48-47-38(19-12-23-42(47)53)51-50(52-48)55-39-20-8-4-15-32(39)35-27-28-43-46(49(35)55)36-17-5-9-21-40(36)54(43)31-25-26-34-33-16-7-11-24-44(33)56-45(34)29-31/h1-29H. The lowest BCUT2D eigenvalue weighted by Gasteiger charge is -2.32. The van der Waals surface area contributed by atoms with Gasteiger partial charge in [-0.3, -0.25) is 4.57 Å². The van der Waals surface area contributed by atoms with E-state index in [2.05, 4.69) is 190 Å². The van der Waals surface area contributed by atoms with Crippen LogP contribution in [0.5, 0.6) is 0 Å². The second-order valence-electron chi connectivity index (χ2n) is 14.6. The lowest BCUT2D eigenvalue weighted by molar-refractivity contribution is 1.01. The van der Waals surface area contributed by atoms with Gasteiger partial charge in [-0.1, -0.05) is 109 Å². The Kier molecular flexibility index (Phi) is 5.98. The van der Waals surface area contributed by atoms with Crippen molar-refractivity contribution in [2.75, 3.05) is 4.90 Å². The summed E-state index contributed by atoms with van der Waals surface area (Å²) in [6.45, 7) is 0. The molecule has 260 valence electrons. The summed E-state index contributed by atoms with van der Waals surface area (Å²) in [6, 6.07) is 63.3. The Bertz CT molecular complexity index is 3610. The van der Waals surface area contributed by atoms with E-state index in [9.17, 15) is 0 Å². The van der Waals surface area contributed by atoms with E-state index < -0.39 is 0 Å². The van der Waals surface area contributed by atoms with Crippen LogP contribution in [0.15, 0.2) is 176 Å². The predicted octanol–water partition coefficient (Wildman–Crippen LogP) is 13.6. The number of nitrogens with zero attached hydrogens (tertiary/aromatic N) is 5. The third kappa shape index (κ3) is 3.98. The van der Waals surface area contributed by atoms with Crippen molar-refractivity contribution in [2.45, 2.75) is 0 Å². The molecule has 0 N–H and O–H groups in total. The van der Waals surface area contributed by atoms with E-state index in [4.69, 9.17) is 9.97 Å². The van der Waals surface area contributed by atoms with Crippen LogP contribution in [0.2, 0.25) is 0 Å². The van der Waals surface area contributed by atoms with Crippen LogP contribution in [0.3, 0.4) is 0 Å². The van der Waals surface area contributed by atoms with E-state index in [0.29, 0.717) is 5.95 Å². The fourth-order valence-corrected chi connectivity index (χ4v) is 10.5. The predicted molar refractivity (Wildman–Crippen MR) is 235 cm³/mol. The van der Waals surface area contributed by atoms with Gasteiger partial charge in [-0.05, 0) is 66.7 Å². The van der Waals surface area contributed by atoms with Crippen molar-refractivity contribution < 1.29 is 0 Å². The number of hydrogen-bond acceptors (Lipinski definition) is 4. The molecule has 56 heavy (non-hydrogen) atoms. The van der Waals surface area contributed by atoms with Crippen LogP contribution in [0.4, 0.5) is 17.1 Å². The minimum Gasteiger partial charge on any atom is -0.309 e. The van der Waals surface area contributed by atoms with E-state index in [1.165, 1.54) is 47.2 Å². The molecule has 5 nitrogen and oxygen atoms in total. The van der Waals surface area contributed by atoms with Crippen molar-refractivity contribution in [3.63, 3.8) is 0 Å². The normalized spacial score (nSPS) is 12.6. The Balaban J connectivity index is 1.13. The first-order valence-corrected chi connectivity index (χ1v) is 19.7. The number of benzene rings is 8. The molecule has 6 heteroatoms. The molecule has 1 aliphatic heterocycles. The minimum absolute atomic E-state index is 0.662. The van der Waals surface area contributed by atoms with Gasteiger partial charge in [0.1, 0.15) is 0 Å². The first-order chi connectivity index (χ1) is 27.8. The van der Waals surface area contributed by atoms with Gasteiger partial charge in [0.15, 0.2) is 0 Å². The summed E-state index contributed by atoms with van der Waals surface area (Å²) in [6.07, 6.45) is 0. The van der Waals surface area contributed by atoms with Crippen LogP contribution in [-0.4, -0.2) is 19.1 Å². The van der Waals surface area contributed by atoms with Crippen LogP contribution < -0.4 is 4.90 Å². The second-order valence-corrected chi connectivity index (χ2v) is 15.7. The lowest BCUT2D eigenvalue weighted by Crippen LogP contribution is -2.16.